The Bertz CT molecular complexity index is 1060. The number of rotatable bonds is 8. The van der Waals surface area contributed by atoms with Crippen molar-refractivity contribution in [1.29, 1.82) is 0 Å². The number of thiophene rings is 1. The van der Waals surface area contributed by atoms with Crippen molar-refractivity contribution in [2.24, 2.45) is 0 Å². The highest BCUT2D eigenvalue weighted by atomic mass is 32.1. The normalized spacial score (nSPS) is 13.1. The zero-order valence-electron chi connectivity index (χ0n) is 17.5. The molecule has 0 atom stereocenters. The van der Waals surface area contributed by atoms with Crippen LogP contribution in [0, 0.1) is 12.7 Å². The molecule has 4 rings (SSSR count). The minimum absolute atomic E-state index is 0.00277. The number of nitrogens with zero attached hydrogens (tertiary/aromatic N) is 2. The summed E-state index contributed by atoms with van der Waals surface area (Å²) in [6.45, 7) is 3.02. The van der Waals surface area contributed by atoms with Gasteiger partial charge in [-0.15, -0.1) is 11.3 Å². The van der Waals surface area contributed by atoms with Crippen molar-refractivity contribution in [3.63, 3.8) is 0 Å². The van der Waals surface area contributed by atoms with Gasteiger partial charge in [0, 0.05) is 27.9 Å². The van der Waals surface area contributed by atoms with Crippen molar-refractivity contribution in [2.75, 3.05) is 6.54 Å². The van der Waals surface area contributed by atoms with E-state index in [9.17, 15) is 14.0 Å². The molecule has 1 aromatic heterocycles. The number of aryl methyl sites for hydroxylation is 1. The van der Waals surface area contributed by atoms with Crippen LogP contribution in [-0.2, 0) is 17.9 Å². The summed E-state index contributed by atoms with van der Waals surface area (Å²) < 4.78 is 13.6. The van der Waals surface area contributed by atoms with Crippen LogP contribution in [0.5, 0.6) is 0 Å². The zero-order chi connectivity index (χ0) is 21.8. The predicted molar refractivity (Wildman–Crippen MR) is 120 cm³/mol. The Balaban J connectivity index is 1.53. The molecule has 0 saturated heterocycles. The van der Waals surface area contributed by atoms with E-state index >= 15 is 0 Å². The average Bonchev–Trinajstić information content (AvgIpc) is 3.53. The minimum atomic E-state index is -0.452. The van der Waals surface area contributed by atoms with Crippen molar-refractivity contribution in [1.82, 2.24) is 9.80 Å². The summed E-state index contributed by atoms with van der Waals surface area (Å²) in [5.41, 5.74) is 1.32. The van der Waals surface area contributed by atoms with Gasteiger partial charge in [0.1, 0.15) is 12.4 Å². The highest BCUT2D eigenvalue weighted by Gasteiger charge is 2.35. The summed E-state index contributed by atoms with van der Waals surface area (Å²) in [6, 6.07) is 19.7. The maximum atomic E-state index is 13.6. The van der Waals surface area contributed by atoms with Crippen molar-refractivity contribution >= 4 is 23.2 Å². The molecule has 1 saturated carbocycles. The molecule has 31 heavy (non-hydrogen) atoms. The summed E-state index contributed by atoms with van der Waals surface area (Å²) >= 11 is 1.67. The first-order valence-corrected chi connectivity index (χ1v) is 11.2. The monoisotopic (exact) mass is 436 g/mol. The van der Waals surface area contributed by atoms with Gasteiger partial charge in [-0.2, -0.15) is 0 Å². The van der Waals surface area contributed by atoms with Crippen LogP contribution in [-0.4, -0.2) is 34.2 Å². The van der Waals surface area contributed by atoms with Crippen LogP contribution in [0.3, 0.4) is 0 Å². The fourth-order valence-corrected chi connectivity index (χ4v) is 4.49. The Morgan fingerprint density at radius 2 is 1.77 bits per heavy atom. The Kier molecular flexibility index (Phi) is 6.47. The maximum Gasteiger partial charge on any atom is 0.254 e. The second kappa shape index (κ2) is 9.43. The molecule has 0 aliphatic heterocycles. The van der Waals surface area contributed by atoms with Gasteiger partial charge in [0.2, 0.25) is 5.91 Å². The van der Waals surface area contributed by atoms with Gasteiger partial charge in [-0.1, -0.05) is 36.4 Å². The van der Waals surface area contributed by atoms with Crippen LogP contribution in [0.1, 0.15) is 38.5 Å². The van der Waals surface area contributed by atoms with E-state index in [1.54, 1.807) is 27.2 Å². The topological polar surface area (TPSA) is 40.6 Å². The highest BCUT2D eigenvalue weighted by Crippen LogP contribution is 2.29. The minimum Gasteiger partial charge on any atom is -0.332 e. The summed E-state index contributed by atoms with van der Waals surface area (Å²) in [7, 11) is 0. The average molecular weight is 437 g/mol. The smallest absolute Gasteiger partial charge is 0.254 e. The van der Waals surface area contributed by atoms with Crippen molar-refractivity contribution in [2.45, 2.75) is 38.9 Å². The summed E-state index contributed by atoms with van der Waals surface area (Å²) in [4.78, 5) is 32.1. The molecular weight excluding hydrogens is 411 g/mol. The molecule has 0 radical (unpaired) electrons. The quantitative estimate of drug-likeness (QED) is 0.497. The maximum absolute atomic E-state index is 13.6. The predicted octanol–water partition coefficient (Wildman–Crippen LogP) is 5.03. The molecule has 2 amide bonds. The van der Waals surface area contributed by atoms with Gasteiger partial charge in [0.15, 0.2) is 0 Å². The van der Waals surface area contributed by atoms with E-state index in [0.717, 1.165) is 23.3 Å². The van der Waals surface area contributed by atoms with E-state index in [1.165, 1.54) is 23.1 Å². The second-order valence-electron chi connectivity index (χ2n) is 7.92. The van der Waals surface area contributed by atoms with Gasteiger partial charge >= 0.3 is 0 Å². The molecule has 1 aliphatic carbocycles. The largest absolute Gasteiger partial charge is 0.332 e. The molecule has 0 spiro atoms. The summed E-state index contributed by atoms with van der Waals surface area (Å²) in [5, 5.41) is 0. The highest BCUT2D eigenvalue weighted by molar-refractivity contribution is 7.11. The van der Waals surface area contributed by atoms with E-state index in [-0.39, 0.29) is 30.0 Å². The molecule has 0 bridgehead atoms. The Morgan fingerprint density at radius 1 is 1.00 bits per heavy atom. The van der Waals surface area contributed by atoms with E-state index in [0.29, 0.717) is 13.1 Å². The van der Waals surface area contributed by atoms with Crippen LogP contribution in [0.4, 0.5) is 4.39 Å². The number of carbonyl (C=O) groups is 2. The number of hydrogen-bond donors (Lipinski definition) is 0. The summed E-state index contributed by atoms with van der Waals surface area (Å²) in [6.07, 6.45) is 1.74. The molecule has 6 heteroatoms. The van der Waals surface area contributed by atoms with E-state index in [2.05, 4.69) is 6.07 Å². The van der Waals surface area contributed by atoms with Crippen molar-refractivity contribution in [3.05, 3.63) is 93.4 Å². The third kappa shape index (κ3) is 5.58. The number of amides is 2. The standard InChI is InChI=1S/C25H25FN2O2S/c1-18-10-13-23(31-18)16-27(15-19-6-3-2-4-7-19)24(29)17-28(22-11-12-22)25(30)20-8-5-9-21(26)14-20/h2-10,13-14,22H,11-12,15-17H2,1H3. The molecular formula is C25H25FN2O2S. The number of hydrogen-bond acceptors (Lipinski definition) is 3. The SMILES string of the molecule is Cc1ccc(CN(Cc2ccccc2)C(=O)CN(C(=O)c2cccc(F)c2)C2CC2)s1. The van der Waals surface area contributed by atoms with Crippen molar-refractivity contribution in [3.8, 4) is 0 Å². The Morgan fingerprint density at radius 3 is 2.42 bits per heavy atom. The Hall–Kier alpha value is -2.99. The van der Waals surface area contributed by atoms with Crippen LogP contribution < -0.4 is 0 Å². The lowest BCUT2D eigenvalue weighted by atomic mass is 10.1. The zero-order valence-corrected chi connectivity index (χ0v) is 18.3. The molecule has 160 valence electrons. The van der Waals surface area contributed by atoms with Gasteiger partial charge in [-0.25, -0.2) is 4.39 Å². The molecule has 0 unspecified atom stereocenters. The third-order valence-electron chi connectivity index (χ3n) is 5.34. The number of halogens is 1. The van der Waals surface area contributed by atoms with Crippen molar-refractivity contribution < 1.29 is 14.0 Å². The summed E-state index contributed by atoms with van der Waals surface area (Å²) in [5.74, 6) is -0.847. The lowest BCUT2D eigenvalue weighted by Gasteiger charge is -2.28. The lowest BCUT2D eigenvalue weighted by molar-refractivity contribution is -0.133. The molecule has 1 aliphatic rings. The molecule has 3 aromatic rings. The van der Waals surface area contributed by atoms with Crippen LogP contribution in [0.25, 0.3) is 0 Å². The van der Waals surface area contributed by atoms with Gasteiger partial charge in [0.25, 0.3) is 5.91 Å². The number of carbonyl (C=O) groups excluding carboxylic acids is 2. The van der Waals surface area contributed by atoms with Gasteiger partial charge in [-0.3, -0.25) is 9.59 Å². The first kappa shape index (κ1) is 21.2. The van der Waals surface area contributed by atoms with Gasteiger partial charge in [0.05, 0.1) is 6.54 Å². The van der Waals surface area contributed by atoms with E-state index in [4.69, 9.17) is 0 Å². The fourth-order valence-electron chi connectivity index (χ4n) is 3.58. The molecule has 1 fully saturated rings. The first-order chi connectivity index (χ1) is 15.0. The van der Waals surface area contributed by atoms with Gasteiger partial charge in [-0.05, 0) is 55.7 Å². The Labute approximate surface area is 185 Å². The van der Waals surface area contributed by atoms with Crippen LogP contribution >= 0.6 is 11.3 Å². The second-order valence-corrected chi connectivity index (χ2v) is 9.29. The van der Waals surface area contributed by atoms with E-state index < -0.39 is 5.82 Å². The lowest BCUT2D eigenvalue weighted by Crippen LogP contribution is -2.43. The van der Waals surface area contributed by atoms with Crippen LogP contribution in [0.2, 0.25) is 0 Å². The van der Waals surface area contributed by atoms with Crippen LogP contribution in [0.15, 0.2) is 66.7 Å². The first-order valence-electron chi connectivity index (χ1n) is 10.4. The molecule has 2 aromatic carbocycles. The fraction of sp³-hybridized carbons (Fsp3) is 0.280. The number of benzene rings is 2. The van der Waals surface area contributed by atoms with Gasteiger partial charge < -0.3 is 9.80 Å². The third-order valence-corrected chi connectivity index (χ3v) is 6.32. The molecule has 1 heterocycles. The molecule has 0 N–H and O–H groups in total. The van der Waals surface area contributed by atoms with E-state index in [1.807, 2.05) is 43.3 Å². The molecule has 4 nitrogen and oxygen atoms in total.